The Morgan fingerprint density at radius 1 is 0.909 bits per heavy atom. The Labute approximate surface area is 193 Å². The van der Waals surface area contributed by atoms with E-state index in [1.807, 2.05) is 0 Å². The van der Waals surface area contributed by atoms with Crippen LogP contribution in [0.3, 0.4) is 0 Å². The SMILES string of the molecule is COc1ccc(C(=O)Nc2ccc(NC(C)=O)cc2)cc1CN(C)S(=O)(=O)c1ccccc1. The van der Waals surface area contributed by atoms with E-state index >= 15 is 0 Å². The fourth-order valence-electron chi connectivity index (χ4n) is 3.18. The lowest BCUT2D eigenvalue weighted by Gasteiger charge is -2.19. The zero-order valence-corrected chi connectivity index (χ0v) is 19.3. The summed E-state index contributed by atoms with van der Waals surface area (Å²) in [4.78, 5) is 24.1. The second-order valence-corrected chi connectivity index (χ2v) is 9.36. The fourth-order valence-corrected chi connectivity index (χ4v) is 4.35. The number of nitrogens with zero attached hydrogens (tertiary/aromatic N) is 1. The van der Waals surface area contributed by atoms with Crippen LogP contribution >= 0.6 is 0 Å². The number of rotatable bonds is 8. The first-order valence-electron chi connectivity index (χ1n) is 10.1. The smallest absolute Gasteiger partial charge is 0.255 e. The lowest BCUT2D eigenvalue weighted by molar-refractivity contribution is -0.114. The van der Waals surface area contributed by atoms with Crippen molar-refractivity contribution >= 4 is 33.2 Å². The summed E-state index contributed by atoms with van der Waals surface area (Å²) in [6, 6.07) is 19.7. The number of hydrogen-bond acceptors (Lipinski definition) is 5. The van der Waals surface area contributed by atoms with Gasteiger partial charge in [0.2, 0.25) is 15.9 Å². The van der Waals surface area contributed by atoms with Crippen molar-refractivity contribution in [1.82, 2.24) is 4.31 Å². The molecule has 0 unspecified atom stereocenters. The van der Waals surface area contributed by atoms with Gasteiger partial charge in [0.15, 0.2) is 0 Å². The Balaban J connectivity index is 1.79. The summed E-state index contributed by atoms with van der Waals surface area (Å²) in [6.07, 6.45) is 0. The van der Waals surface area contributed by atoms with Gasteiger partial charge in [-0.3, -0.25) is 9.59 Å². The summed E-state index contributed by atoms with van der Waals surface area (Å²) in [5, 5.41) is 5.45. The summed E-state index contributed by atoms with van der Waals surface area (Å²) in [5.41, 5.74) is 2.07. The third kappa shape index (κ3) is 5.97. The van der Waals surface area contributed by atoms with Crippen LogP contribution in [-0.2, 0) is 21.4 Å². The molecular weight excluding hydrogens is 442 g/mol. The Hall–Kier alpha value is -3.69. The molecule has 2 N–H and O–H groups in total. The van der Waals surface area contributed by atoms with Gasteiger partial charge >= 0.3 is 0 Å². The Morgan fingerprint density at radius 2 is 1.52 bits per heavy atom. The molecule has 0 aromatic heterocycles. The molecule has 172 valence electrons. The normalized spacial score (nSPS) is 11.2. The second kappa shape index (κ2) is 10.3. The minimum Gasteiger partial charge on any atom is -0.496 e. The predicted molar refractivity (Wildman–Crippen MR) is 127 cm³/mol. The van der Waals surface area contributed by atoms with E-state index in [9.17, 15) is 18.0 Å². The number of benzene rings is 3. The number of anilines is 2. The van der Waals surface area contributed by atoms with Crippen LogP contribution in [0, 0.1) is 0 Å². The second-order valence-electron chi connectivity index (χ2n) is 7.31. The van der Waals surface area contributed by atoms with E-state index in [2.05, 4.69) is 10.6 Å². The highest BCUT2D eigenvalue weighted by atomic mass is 32.2. The molecule has 33 heavy (non-hydrogen) atoms. The molecular formula is C24H25N3O5S. The number of sulfonamides is 1. The molecule has 0 bridgehead atoms. The predicted octanol–water partition coefficient (Wildman–Crippen LogP) is 3.73. The molecule has 0 spiro atoms. The van der Waals surface area contributed by atoms with Crippen molar-refractivity contribution in [2.45, 2.75) is 18.4 Å². The number of ether oxygens (including phenoxy) is 1. The molecule has 0 atom stereocenters. The number of carbonyl (C=O) groups is 2. The van der Waals surface area contributed by atoms with Crippen molar-refractivity contribution in [1.29, 1.82) is 0 Å². The topological polar surface area (TPSA) is 105 Å². The average Bonchev–Trinajstić information content (AvgIpc) is 2.80. The van der Waals surface area contributed by atoms with Crippen LogP contribution in [0.1, 0.15) is 22.8 Å². The van der Waals surface area contributed by atoms with Gasteiger partial charge in [-0.05, 0) is 54.6 Å². The Bertz CT molecular complexity index is 1240. The van der Waals surface area contributed by atoms with Crippen molar-refractivity contribution in [3.05, 3.63) is 83.9 Å². The van der Waals surface area contributed by atoms with E-state index in [4.69, 9.17) is 4.74 Å². The molecule has 3 rings (SSSR count). The number of methoxy groups -OCH3 is 1. The van der Waals surface area contributed by atoms with Crippen LogP contribution < -0.4 is 15.4 Å². The van der Waals surface area contributed by atoms with Crippen molar-refractivity contribution in [3.8, 4) is 5.75 Å². The van der Waals surface area contributed by atoms with Gasteiger partial charge in [0.05, 0.1) is 12.0 Å². The highest BCUT2D eigenvalue weighted by Crippen LogP contribution is 2.25. The van der Waals surface area contributed by atoms with Gasteiger partial charge in [0, 0.05) is 43.0 Å². The molecule has 3 aromatic rings. The molecule has 0 aliphatic rings. The molecule has 8 nitrogen and oxygen atoms in total. The van der Waals surface area contributed by atoms with Crippen molar-refractivity contribution in [3.63, 3.8) is 0 Å². The van der Waals surface area contributed by atoms with Crippen molar-refractivity contribution < 1.29 is 22.7 Å². The Morgan fingerprint density at radius 3 is 2.09 bits per heavy atom. The molecule has 0 heterocycles. The molecule has 9 heteroatoms. The van der Waals surface area contributed by atoms with Gasteiger partial charge in [-0.2, -0.15) is 4.31 Å². The van der Waals surface area contributed by atoms with Crippen LogP contribution in [0.2, 0.25) is 0 Å². The van der Waals surface area contributed by atoms with Crippen molar-refractivity contribution in [2.75, 3.05) is 24.8 Å². The van der Waals surface area contributed by atoms with E-state index in [1.165, 1.54) is 37.5 Å². The van der Waals surface area contributed by atoms with Crippen molar-refractivity contribution in [2.24, 2.45) is 0 Å². The number of amides is 2. The molecule has 0 aliphatic carbocycles. The van der Waals surface area contributed by atoms with Crippen LogP contribution in [0.25, 0.3) is 0 Å². The van der Waals surface area contributed by atoms with Crippen LogP contribution in [0.15, 0.2) is 77.7 Å². The largest absolute Gasteiger partial charge is 0.496 e. The first-order chi connectivity index (χ1) is 15.7. The zero-order chi connectivity index (χ0) is 24.0. The van der Waals surface area contributed by atoms with Gasteiger partial charge in [0.25, 0.3) is 5.91 Å². The molecule has 0 saturated heterocycles. The quantitative estimate of drug-likeness (QED) is 0.525. The molecule has 0 fully saturated rings. The molecule has 3 aromatic carbocycles. The van der Waals surface area contributed by atoms with Gasteiger partial charge in [-0.25, -0.2) is 8.42 Å². The monoisotopic (exact) mass is 467 g/mol. The zero-order valence-electron chi connectivity index (χ0n) is 18.5. The summed E-state index contributed by atoms with van der Waals surface area (Å²) in [5.74, 6) is -0.0714. The van der Waals surface area contributed by atoms with E-state index in [-0.39, 0.29) is 23.3 Å². The van der Waals surface area contributed by atoms with Crippen LogP contribution in [-0.4, -0.2) is 38.7 Å². The fraction of sp³-hybridized carbons (Fsp3) is 0.167. The van der Waals surface area contributed by atoms with E-state index in [0.717, 1.165) is 0 Å². The minimum absolute atomic E-state index is 0.0208. The van der Waals surface area contributed by atoms with Gasteiger partial charge < -0.3 is 15.4 Å². The first-order valence-corrected chi connectivity index (χ1v) is 11.5. The van der Waals surface area contributed by atoms with Gasteiger partial charge in [-0.1, -0.05) is 18.2 Å². The third-order valence-electron chi connectivity index (χ3n) is 4.85. The minimum atomic E-state index is -3.71. The summed E-state index contributed by atoms with van der Waals surface area (Å²) in [7, 11) is -0.745. The van der Waals surface area contributed by atoms with E-state index in [0.29, 0.717) is 28.3 Å². The molecule has 0 radical (unpaired) electrons. The third-order valence-corrected chi connectivity index (χ3v) is 6.67. The highest BCUT2D eigenvalue weighted by Gasteiger charge is 2.22. The lowest BCUT2D eigenvalue weighted by Crippen LogP contribution is -2.27. The average molecular weight is 468 g/mol. The highest BCUT2D eigenvalue weighted by molar-refractivity contribution is 7.89. The van der Waals surface area contributed by atoms with Gasteiger partial charge in [0.1, 0.15) is 5.75 Å². The number of carbonyl (C=O) groups excluding carboxylic acids is 2. The number of hydrogen-bond donors (Lipinski definition) is 2. The van der Waals surface area contributed by atoms with Crippen LogP contribution in [0.5, 0.6) is 5.75 Å². The number of nitrogens with one attached hydrogen (secondary N) is 2. The van der Waals surface area contributed by atoms with E-state index in [1.54, 1.807) is 60.7 Å². The lowest BCUT2D eigenvalue weighted by atomic mass is 10.1. The molecule has 0 saturated carbocycles. The maximum atomic E-state index is 12.9. The summed E-state index contributed by atoms with van der Waals surface area (Å²) in [6.45, 7) is 1.44. The Kier molecular flexibility index (Phi) is 7.47. The molecule has 2 amide bonds. The van der Waals surface area contributed by atoms with E-state index < -0.39 is 10.0 Å². The maximum absolute atomic E-state index is 12.9. The van der Waals surface area contributed by atoms with Gasteiger partial charge in [-0.15, -0.1) is 0 Å². The summed E-state index contributed by atoms with van der Waals surface area (Å²) >= 11 is 0. The first kappa shape index (κ1) is 24.0. The summed E-state index contributed by atoms with van der Waals surface area (Å²) < 4.78 is 32.3. The standard InChI is InChI=1S/C24H25N3O5S/c1-17(28)25-20-10-12-21(13-11-20)26-24(29)18-9-14-23(32-3)19(15-18)16-27(2)33(30,31)22-7-5-4-6-8-22/h4-15H,16H2,1-3H3,(H,25,28)(H,26,29). The van der Waals surface area contributed by atoms with Crippen LogP contribution in [0.4, 0.5) is 11.4 Å². The maximum Gasteiger partial charge on any atom is 0.255 e. The molecule has 0 aliphatic heterocycles.